The van der Waals surface area contributed by atoms with Gasteiger partial charge in [0.2, 0.25) is 0 Å². The molecular weight excluding hydrogens is 320 g/mol. The summed E-state index contributed by atoms with van der Waals surface area (Å²) in [7, 11) is 0. The zero-order chi connectivity index (χ0) is 6.85. The molecule has 2 unspecified atom stereocenters. The van der Waals surface area contributed by atoms with Crippen LogP contribution >= 0.6 is 0 Å². The number of hydrogen-bond donors (Lipinski definition) is 1. The zero-order valence-electron chi connectivity index (χ0n) is 6.21. The summed E-state index contributed by atoms with van der Waals surface area (Å²) >= 11 is 0. The van der Waals surface area contributed by atoms with Crippen LogP contribution in [0.4, 0.5) is 0 Å². The summed E-state index contributed by atoms with van der Waals surface area (Å²) in [5.41, 5.74) is 0. The topological polar surface area (TPSA) is 37.3 Å². The Morgan fingerprint density at radius 1 is 1.50 bits per heavy atom. The normalized spacial score (nSPS) is 31.3. The largest absolute Gasteiger partial charge is 0.481 e. The molecule has 0 bridgehead atoms. The molecule has 3 heteroatoms. The van der Waals surface area contributed by atoms with Crippen LogP contribution in [-0.4, -0.2) is 38.4 Å². The van der Waals surface area contributed by atoms with Gasteiger partial charge in [-0.15, -0.1) is 0 Å². The van der Waals surface area contributed by atoms with E-state index in [4.69, 9.17) is 5.11 Å². The molecule has 0 aliphatic heterocycles. The van der Waals surface area contributed by atoms with Crippen molar-refractivity contribution in [1.82, 2.24) is 0 Å². The van der Waals surface area contributed by atoms with E-state index < -0.39 is 5.97 Å². The summed E-state index contributed by atoms with van der Waals surface area (Å²) in [6.07, 6.45) is 3.08. The van der Waals surface area contributed by atoms with Crippen LogP contribution in [0.5, 0.6) is 0 Å². The molecule has 1 aliphatic rings. The molecule has 0 aromatic rings. The van der Waals surface area contributed by atoms with Crippen molar-refractivity contribution in [3.05, 3.63) is 0 Å². The van der Waals surface area contributed by atoms with Crippen LogP contribution in [-0.2, 0) is 4.79 Å². The smallest absolute Gasteiger partial charge is 0.306 e. The Bertz CT molecular complexity index is 125. The van der Waals surface area contributed by atoms with Gasteiger partial charge in [-0.3, -0.25) is 4.79 Å². The molecule has 2 atom stereocenters. The van der Waals surface area contributed by atoms with Gasteiger partial charge in [-0.2, -0.15) is 0 Å². The molecule has 1 rings (SSSR count). The van der Waals surface area contributed by atoms with Gasteiger partial charge in [-0.05, 0) is 18.8 Å². The van der Waals surface area contributed by atoms with E-state index in [9.17, 15) is 4.79 Å². The van der Waals surface area contributed by atoms with E-state index in [2.05, 4.69) is 0 Å². The Labute approximate surface area is 81.2 Å². The van der Waals surface area contributed by atoms with E-state index in [0.717, 1.165) is 19.3 Å². The van der Waals surface area contributed by atoms with Gasteiger partial charge in [0.1, 0.15) is 0 Å². The SMILES string of the molecule is CC1CCCC1C(=O)O.[Tl]. The van der Waals surface area contributed by atoms with E-state index in [-0.39, 0.29) is 33.2 Å². The second-order valence-corrected chi connectivity index (χ2v) is 2.85. The van der Waals surface area contributed by atoms with Crippen LogP contribution in [0, 0.1) is 11.8 Å². The minimum atomic E-state index is -0.611. The number of hydrogen-bond acceptors (Lipinski definition) is 1. The number of carboxylic acids is 1. The first-order valence-corrected chi connectivity index (χ1v) is 3.44. The Morgan fingerprint density at radius 3 is 2.30 bits per heavy atom. The van der Waals surface area contributed by atoms with Crippen molar-refractivity contribution in [2.75, 3.05) is 0 Å². The molecule has 0 aromatic heterocycles. The first-order chi connectivity index (χ1) is 4.22. The summed E-state index contributed by atoms with van der Waals surface area (Å²) in [6.45, 7) is 2.02. The average Bonchev–Trinajstić information content (AvgIpc) is 2.13. The Kier molecular flexibility index (Phi) is 4.48. The Hall–Kier alpha value is 0.392. The number of rotatable bonds is 1. The fourth-order valence-electron chi connectivity index (χ4n) is 1.51. The molecule has 0 heterocycles. The van der Waals surface area contributed by atoms with Crippen LogP contribution in [0.15, 0.2) is 0 Å². The Morgan fingerprint density at radius 2 is 2.10 bits per heavy atom. The van der Waals surface area contributed by atoms with Crippen molar-refractivity contribution >= 4 is 33.3 Å². The summed E-state index contributed by atoms with van der Waals surface area (Å²) < 4.78 is 0. The molecule has 55 valence electrons. The first kappa shape index (κ1) is 10.4. The molecule has 0 aromatic carbocycles. The molecule has 2 nitrogen and oxygen atoms in total. The molecule has 0 spiro atoms. The number of carbonyl (C=O) groups is 1. The zero-order valence-corrected chi connectivity index (χ0v) is 10.7. The number of aliphatic carboxylic acids is 1. The molecule has 1 N–H and O–H groups in total. The third-order valence-corrected chi connectivity index (χ3v) is 2.18. The minimum Gasteiger partial charge on any atom is -0.481 e. The van der Waals surface area contributed by atoms with Crippen LogP contribution in [0.1, 0.15) is 26.2 Å². The molecular formula is C7H12O2Tl. The monoisotopic (exact) mass is 333 g/mol. The van der Waals surface area contributed by atoms with Gasteiger partial charge in [0.15, 0.2) is 0 Å². The maximum Gasteiger partial charge on any atom is 0.306 e. The van der Waals surface area contributed by atoms with Crippen molar-refractivity contribution in [1.29, 1.82) is 0 Å². The number of carboxylic acid groups (broad SMARTS) is 1. The van der Waals surface area contributed by atoms with E-state index >= 15 is 0 Å². The average molecular weight is 333 g/mol. The maximum atomic E-state index is 10.4. The summed E-state index contributed by atoms with van der Waals surface area (Å²) in [5, 5.41) is 8.58. The van der Waals surface area contributed by atoms with Crippen molar-refractivity contribution in [2.45, 2.75) is 26.2 Å². The minimum absolute atomic E-state index is 0. The quantitative estimate of drug-likeness (QED) is 0.731. The van der Waals surface area contributed by atoms with E-state index in [1.807, 2.05) is 6.92 Å². The van der Waals surface area contributed by atoms with Crippen molar-refractivity contribution < 1.29 is 9.90 Å². The molecule has 1 fully saturated rings. The van der Waals surface area contributed by atoms with Crippen LogP contribution < -0.4 is 0 Å². The predicted molar refractivity (Wildman–Crippen MR) is 39.9 cm³/mol. The second-order valence-electron chi connectivity index (χ2n) is 2.85. The first-order valence-electron chi connectivity index (χ1n) is 3.44. The fourth-order valence-corrected chi connectivity index (χ4v) is 1.51. The van der Waals surface area contributed by atoms with Gasteiger partial charge in [0.25, 0.3) is 0 Å². The molecule has 0 amide bonds. The van der Waals surface area contributed by atoms with Gasteiger partial charge in [-0.1, -0.05) is 13.3 Å². The standard InChI is InChI=1S/C7H12O2.Tl/c1-5-3-2-4-6(5)7(8)9;/h5-6H,2-4H2,1H3,(H,8,9);. The van der Waals surface area contributed by atoms with Crippen LogP contribution in [0.25, 0.3) is 0 Å². The van der Waals surface area contributed by atoms with Crippen molar-refractivity contribution in [3.63, 3.8) is 0 Å². The fraction of sp³-hybridized carbons (Fsp3) is 0.857. The molecule has 10 heavy (non-hydrogen) atoms. The molecule has 1 saturated carbocycles. The van der Waals surface area contributed by atoms with Gasteiger partial charge < -0.3 is 5.11 Å². The van der Waals surface area contributed by atoms with Gasteiger partial charge in [0.05, 0.1) is 5.92 Å². The van der Waals surface area contributed by atoms with Crippen molar-refractivity contribution in [2.24, 2.45) is 11.8 Å². The van der Waals surface area contributed by atoms with E-state index in [0.29, 0.717) is 5.92 Å². The van der Waals surface area contributed by atoms with Crippen LogP contribution in [0.2, 0.25) is 0 Å². The summed E-state index contributed by atoms with van der Waals surface area (Å²) in [6, 6.07) is 0. The molecule has 0 saturated heterocycles. The van der Waals surface area contributed by atoms with E-state index in [1.165, 1.54) is 0 Å². The third-order valence-electron chi connectivity index (χ3n) is 2.18. The molecule has 1 radical (unpaired) electrons. The van der Waals surface area contributed by atoms with Gasteiger partial charge in [0, 0.05) is 27.3 Å². The van der Waals surface area contributed by atoms with Crippen LogP contribution in [0.3, 0.4) is 0 Å². The van der Waals surface area contributed by atoms with E-state index in [1.54, 1.807) is 0 Å². The molecule has 1 aliphatic carbocycles. The van der Waals surface area contributed by atoms with Crippen molar-refractivity contribution in [3.8, 4) is 0 Å². The Balaban J connectivity index is 0.000000810. The summed E-state index contributed by atoms with van der Waals surface area (Å²) in [5.74, 6) is -0.257. The van der Waals surface area contributed by atoms with Gasteiger partial charge >= 0.3 is 5.97 Å². The summed E-state index contributed by atoms with van der Waals surface area (Å²) in [4.78, 5) is 10.4. The predicted octanol–water partition coefficient (Wildman–Crippen LogP) is 1.13. The van der Waals surface area contributed by atoms with Gasteiger partial charge in [-0.25, -0.2) is 0 Å². The maximum absolute atomic E-state index is 10.4. The second kappa shape index (κ2) is 4.31. The third kappa shape index (κ3) is 2.21.